The first-order valence-corrected chi connectivity index (χ1v) is 10.1. The van der Waals surface area contributed by atoms with Gasteiger partial charge >= 0.3 is 0 Å². The molecule has 3 aliphatic heterocycles. The molecule has 3 aliphatic rings. The van der Waals surface area contributed by atoms with Crippen molar-refractivity contribution in [1.82, 2.24) is 15.5 Å². The van der Waals surface area contributed by atoms with Crippen molar-refractivity contribution in [3.8, 4) is 0 Å². The third kappa shape index (κ3) is 2.48. The van der Waals surface area contributed by atoms with Crippen LogP contribution in [0.3, 0.4) is 0 Å². The number of rotatable bonds is 5. The number of amides is 3. The fraction of sp³-hybridized carbons (Fsp3) is 0.833. The molecule has 0 radical (unpaired) electrons. The molecule has 8 heteroatoms. The van der Waals surface area contributed by atoms with Crippen molar-refractivity contribution in [2.45, 2.75) is 68.2 Å². The predicted molar refractivity (Wildman–Crippen MR) is 99.5 cm³/mol. The number of likely N-dealkylation sites (tertiary alicyclic amines) is 1. The van der Waals surface area contributed by atoms with Gasteiger partial charge in [0.25, 0.3) is 0 Å². The molecule has 3 fully saturated rings. The van der Waals surface area contributed by atoms with Crippen molar-refractivity contribution in [3.05, 3.63) is 0 Å². The maximum absolute atomic E-state index is 13.4. The molecular formula is C18H29N3O4S. The molecule has 1 spiro atoms. The van der Waals surface area contributed by atoms with Crippen LogP contribution in [-0.4, -0.2) is 69.0 Å². The van der Waals surface area contributed by atoms with Gasteiger partial charge in [0.1, 0.15) is 6.04 Å². The lowest BCUT2D eigenvalue weighted by Crippen LogP contribution is -2.57. The average molecular weight is 384 g/mol. The Morgan fingerprint density at radius 1 is 1.31 bits per heavy atom. The summed E-state index contributed by atoms with van der Waals surface area (Å²) in [5.74, 6) is -1.49. The van der Waals surface area contributed by atoms with E-state index in [1.165, 1.54) is 4.90 Å². The lowest BCUT2D eigenvalue weighted by Gasteiger charge is -2.36. The van der Waals surface area contributed by atoms with Gasteiger partial charge in [0.05, 0.1) is 29.2 Å². The van der Waals surface area contributed by atoms with Crippen LogP contribution in [0.4, 0.5) is 0 Å². The maximum atomic E-state index is 13.4. The summed E-state index contributed by atoms with van der Waals surface area (Å²) in [7, 11) is 1.59. The molecule has 0 aliphatic carbocycles. The SMILES string of the molecule is CNC(=O)[C@H]1[C@H]2C(=O)N([C@H](C)CO)C(C(=O)NC(C)C)C23CC[C@]1(C)S3. The second-order valence-electron chi connectivity index (χ2n) is 8.28. The van der Waals surface area contributed by atoms with Crippen LogP contribution in [0.2, 0.25) is 0 Å². The summed E-state index contributed by atoms with van der Waals surface area (Å²) in [5.41, 5.74) is 0. The normalized spacial score (nSPS) is 39.3. The Morgan fingerprint density at radius 2 is 1.96 bits per heavy atom. The molecule has 7 nitrogen and oxygen atoms in total. The molecule has 0 aromatic rings. The summed E-state index contributed by atoms with van der Waals surface area (Å²) in [5, 5.41) is 15.3. The van der Waals surface area contributed by atoms with Gasteiger partial charge in [-0.05, 0) is 40.5 Å². The van der Waals surface area contributed by atoms with E-state index in [0.29, 0.717) is 0 Å². The molecule has 0 aromatic heterocycles. The Balaban J connectivity index is 2.09. The van der Waals surface area contributed by atoms with Gasteiger partial charge in [-0.3, -0.25) is 14.4 Å². The van der Waals surface area contributed by atoms with Crippen molar-refractivity contribution in [3.63, 3.8) is 0 Å². The van der Waals surface area contributed by atoms with Crippen molar-refractivity contribution in [2.24, 2.45) is 11.8 Å². The fourth-order valence-corrected chi connectivity index (χ4v) is 7.49. The number of aliphatic hydroxyl groups is 1. The number of nitrogens with one attached hydrogen (secondary N) is 2. The van der Waals surface area contributed by atoms with E-state index in [0.717, 1.165) is 12.8 Å². The van der Waals surface area contributed by atoms with Crippen LogP contribution in [0.5, 0.6) is 0 Å². The molecule has 3 amide bonds. The fourth-order valence-electron chi connectivity index (χ4n) is 5.15. The molecule has 3 heterocycles. The molecule has 146 valence electrons. The molecule has 0 saturated carbocycles. The average Bonchev–Trinajstić information content (AvgIpc) is 3.14. The minimum Gasteiger partial charge on any atom is -0.394 e. The van der Waals surface area contributed by atoms with E-state index < -0.39 is 28.7 Å². The van der Waals surface area contributed by atoms with Crippen molar-refractivity contribution in [1.29, 1.82) is 0 Å². The first-order valence-electron chi connectivity index (χ1n) is 9.28. The van der Waals surface area contributed by atoms with E-state index in [9.17, 15) is 19.5 Å². The number of carbonyl (C=O) groups is 3. The molecule has 3 N–H and O–H groups in total. The molecule has 6 atom stereocenters. The van der Waals surface area contributed by atoms with Crippen molar-refractivity contribution >= 4 is 29.5 Å². The van der Waals surface area contributed by atoms with Crippen LogP contribution in [0.25, 0.3) is 0 Å². The highest BCUT2D eigenvalue weighted by Crippen LogP contribution is 2.71. The number of nitrogens with zero attached hydrogens (tertiary/aromatic N) is 1. The Kier molecular flexibility index (Phi) is 4.80. The number of carbonyl (C=O) groups excluding carboxylic acids is 3. The third-order valence-electron chi connectivity index (χ3n) is 6.16. The first-order chi connectivity index (χ1) is 12.1. The largest absolute Gasteiger partial charge is 0.394 e. The van der Waals surface area contributed by atoms with E-state index >= 15 is 0 Å². The summed E-state index contributed by atoms with van der Waals surface area (Å²) in [6.07, 6.45) is 1.52. The van der Waals surface area contributed by atoms with Gasteiger partial charge in [0.2, 0.25) is 17.7 Å². The van der Waals surface area contributed by atoms with Crippen LogP contribution in [0.15, 0.2) is 0 Å². The van der Waals surface area contributed by atoms with E-state index in [1.807, 2.05) is 20.8 Å². The van der Waals surface area contributed by atoms with Crippen LogP contribution < -0.4 is 10.6 Å². The lowest BCUT2D eigenvalue weighted by molar-refractivity contribution is -0.143. The standard InChI is InChI=1S/C18H29N3O4S/c1-9(2)20-15(24)13-18-7-6-17(4,26-18)11(14(23)19-5)12(18)16(25)21(13)10(3)8-22/h9-13,22H,6-8H2,1-5H3,(H,19,23)(H,20,24)/t10-,11-,12+,13?,17+,18?/m1/s1. The van der Waals surface area contributed by atoms with Gasteiger partial charge < -0.3 is 20.6 Å². The summed E-state index contributed by atoms with van der Waals surface area (Å²) in [6.45, 7) is 7.34. The second-order valence-corrected chi connectivity index (χ2v) is 10.2. The zero-order valence-electron chi connectivity index (χ0n) is 16.0. The topological polar surface area (TPSA) is 98.7 Å². The van der Waals surface area contributed by atoms with E-state index in [2.05, 4.69) is 10.6 Å². The zero-order chi connectivity index (χ0) is 19.4. The molecular weight excluding hydrogens is 354 g/mol. The third-order valence-corrected chi connectivity index (χ3v) is 8.15. The maximum Gasteiger partial charge on any atom is 0.244 e. The van der Waals surface area contributed by atoms with Gasteiger partial charge in [-0.25, -0.2) is 0 Å². The van der Waals surface area contributed by atoms with Crippen LogP contribution >= 0.6 is 11.8 Å². The zero-order valence-corrected chi connectivity index (χ0v) is 16.9. The predicted octanol–water partition coefficient (Wildman–Crippen LogP) is 0.119. The minimum atomic E-state index is -0.661. The van der Waals surface area contributed by atoms with Gasteiger partial charge in [-0.15, -0.1) is 11.8 Å². The number of hydrogen-bond acceptors (Lipinski definition) is 5. The number of hydrogen-bond donors (Lipinski definition) is 3. The molecule has 26 heavy (non-hydrogen) atoms. The Bertz CT molecular complexity index is 642. The Morgan fingerprint density at radius 3 is 2.50 bits per heavy atom. The Hall–Kier alpha value is -1.28. The summed E-state index contributed by atoms with van der Waals surface area (Å²) >= 11 is 1.64. The highest BCUT2D eigenvalue weighted by Gasteiger charge is 2.77. The summed E-state index contributed by atoms with van der Waals surface area (Å²) < 4.78 is -0.948. The minimum absolute atomic E-state index is 0.0479. The number of fused-ring (bicyclic) bond motifs is 1. The van der Waals surface area contributed by atoms with E-state index in [4.69, 9.17) is 0 Å². The quantitative estimate of drug-likeness (QED) is 0.626. The van der Waals surface area contributed by atoms with Crippen LogP contribution in [-0.2, 0) is 14.4 Å². The van der Waals surface area contributed by atoms with Gasteiger partial charge in [0, 0.05) is 17.8 Å². The highest BCUT2D eigenvalue weighted by molar-refractivity contribution is 8.02. The summed E-state index contributed by atoms with van der Waals surface area (Å²) in [6, 6.07) is -1.18. The second kappa shape index (κ2) is 6.41. The molecule has 2 unspecified atom stereocenters. The first kappa shape index (κ1) is 19.5. The van der Waals surface area contributed by atoms with Crippen LogP contribution in [0, 0.1) is 11.8 Å². The Labute approximate surface area is 158 Å². The number of aliphatic hydroxyl groups excluding tert-OH is 1. The molecule has 2 bridgehead atoms. The van der Waals surface area contributed by atoms with Crippen LogP contribution in [0.1, 0.15) is 40.5 Å². The number of thioether (sulfide) groups is 1. The van der Waals surface area contributed by atoms with Gasteiger partial charge in [-0.2, -0.15) is 0 Å². The van der Waals surface area contributed by atoms with Crippen molar-refractivity contribution < 1.29 is 19.5 Å². The molecule has 3 rings (SSSR count). The lowest BCUT2D eigenvalue weighted by atomic mass is 9.66. The van der Waals surface area contributed by atoms with Crippen molar-refractivity contribution in [2.75, 3.05) is 13.7 Å². The smallest absolute Gasteiger partial charge is 0.244 e. The van der Waals surface area contributed by atoms with E-state index in [1.54, 1.807) is 25.7 Å². The monoisotopic (exact) mass is 383 g/mol. The molecule has 3 saturated heterocycles. The highest BCUT2D eigenvalue weighted by atomic mass is 32.2. The molecule has 0 aromatic carbocycles. The summed E-state index contributed by atoms with van der Waals surface area (Å²) in [4.78, 5) is 40.7. The van der Waals surface area contributed by atoms with Gasteiger partial charge in [0.15, 0.2) is 0 Å². The van der Waals surface area contributed by atoms with Gasteiger partial charge in [-0.1, -0.05) is 0 Å². The van der Waals surface area contributed by atoms with E-state index in [-0.39, 0.29) is 35.1 Å².